The summed E-state index contributed by atoms with van der Waals surface area (Å²) in [7, 11) is -2.76. The standard InChI is InChI=1S/C22H19O4S.C6BF8/c1-17(23)26-19-14-12-18(13-15-19)22(24)16-27(25,20-8-4-2-5-9-20)21-10-6-3-7-11-21;8-2-1(7(13,14)15)3(9)5(11)6(12)4(2)10/h2-15H,16H2,1H3;/q+1;-1. The molecule has 0 saturated carbocycles. The Morgan fingerprint density at radius 2 is 1.07 bits per heavy atom. The fourth-order valence-corrected chi connectivity index (χ4v) is 5.97. The van der Waals surface area contributed by atoms with Crippen molar-refractivity contribution in [2.45, 2.75) is 16.7 Å². The van der Waals surface area contributed by atoms with Crippen LogP contribution < -0.4 is 10.2 Å². The molecule has 220 valence electrons. The van der Waals surface area contributed by atoms with Crippen LogP contribution in [0.1, 0.15) is 17.3 Å². The number of halogens is 8. The van der Waals surface area contributed by atoms with Crippen molar-refractivity contribution in [2.75, 3.05) is 5.75 Å². The zero-order valence-electron chi connectivity index (χ0n) is 21.4. The number of benzene rings is 4. The zero-order chi connectivity index (χ0) is 31.2. The molecule has 0 amide bonds. The van der Waals surface area contributed by atoms with Gasteiger partial charge in [0.25, 0.3) is 0 Å². The third-order valence-corrected chi connectivity index (χ3v) is 8.33. The second-order valence-corrected chi connectivity index (χ2v) is 11.1. The van der Waals surface area contributed by atoms with Gasteiger partial charge < -0.3 is 17.7 Å². The first-order valence-corrected chi connectivity index (χ1v) is 13.5. The number of hydrogen-bond acceptors (Lipinski definition) is 4. The lowest BCUT2D eigenvalue weighted by Crippen LogP contribution is -2.41. The van der Waals surface area contributed by atoms with Gasteiger partial charge in [-0.05, 0) is 54.0 Å². The largest absolute Gasteiger partial charge is 0.515 e. The quantitative estimate of drug-likeness (QED) is 0.0334. The molecule has 0 heterocycles. The summed E-state index contributed by atoms with van der Waals surface area (Å²) < 4.78 is 116. The Balaban J connectivity index is 0.000000274. The monoisotopic (exact) mass is 614 g/mol. The number of hydrogen-bond donors (Lipinski definition) is 0. The minimum atomic E-state index is -6.30. The molecule has 14 heteroatoms. The van der Waals surface area contributed by atoms with Crippen molar-refractivity contribution in [2.24, 2.45) is 0 Å². The predicted molar refractivity (Wildman–Crippen MR) is 139 cm³/mol. The van der Waals surface area contributed by atoms with E-state index in [0.717, 1.165) is 0 Å². The summed E-state index contributed by atoms with van der Waals surface area (Å²) in [5.74, 6) is -14.0. The molecule has 0 aliphatic carbocycles. The van der Waals surface area contributed by atoms with Crippen molar-refractivity contribution in [1.29, 1.82) is 0 Å². The van der Waals surface area contributed by atoms with Crippen LogP contribution in [0.2, 0.25) is 0 Å². The van der Waals surface area contributed by atoms with Gasteiger partial charge in [0, 0.05) is 12.5 Å². The van der Waals surface area contributed by atoms with Gasteiger partial charge in [0.1, 0.15) is 17.4 Å². The Hall–Kier alpha value is -4.33. The van der Waals surface area contributed by atoms with Crippen molar-refractivity contribution in [3.05, 3.63) is 120 Å². The molecule has 0 aromatic heterocycles. The molecular formula is C28H19BF8O4S. The molecule has 4 nitrogen and oxygen atoms in total. The van der Waals surface area contributed by atoms with E-state index in [1.807, 2.05) is 36.4 Å². The van der Waals surface area contributed by atoms with Crippen LogP contribution in [-0.4, -0.2) is 24.5 Å². The van der Waals surface area contributed by atoms with Crippen LogP contribution in [0.3, 0.4) is 0 Å². The highest BCUT2D eigenvalue weighted by molar-refractivity contribution is 8.03. The molecule has 0 saturated heterocycles. The Morgan fingerprint density at radius 3 is 1.45 bits per heavy atom. The minimum Gasteiger partial charge on any atom is -0.445 e. The Labute approximate surface area is 235 Å². The third kappa shape index (κ3) is 7.30. The van der Waals surface area contributed by atoms with E-state index in [4.69, 9.17) is 4.74 Å². The maximum absolute atomic E-state index is 13.9. The summed E-state index contributed by atoms with van der Waals surface area (Å²) in [6, 6.07) is 24.4. The number of esters is 1. The maximum Gasteiger partial charge on any atom is 0.515 e. The first-order valence-electron chi connectivity index (χ1n) is 11.8. The molecule has 0 aliphatic heterocycles. The SMILES string of the molecule is CC(=O)Oc1ccc(C(=O)C[S+](=O)(c2ccccc2)c2ccccc2)cc1.Fc1c(F)c(F)c([B-](F)(F)F)c(F)c1F. The second kappa shape index (κ2) is 13.1. The summed E-state index contributed by atoms with van der Waals surface area (Å²) in [5.41, 5.74) is -2.31. The van der Waals surface area contributed by atoms with Gasteiger partial charge in [-0.15, -0.1) is 0 Å². The van der Waals surface area contributed by atoms with Gasteiger partial charge in [-0.1, -0.05) is 40.6 Å². The average molecular weight is 614 g/mol. The Bertz CT molecular complexity index is 1560. The van der Waals surface area contributed by atoms with Crippen LogP contribution in [-0.2, 0) is 18.9 Å². The van der Waals surface area contributed by atoms with Crippen molar-refractivity contribution in [3.8, 4) is 5.75 Å². The number of ketones is 1. The van der Waals surface area contributed by atoms with Crippen LogP contribution >= 0.6 is 0 Å². The van der Waals surface area contributed by atoms with Gasteiger partial charge in [-0.3, -0.25) is 9.59 Å². The highest BCUT2D eigenvalue weighted by Gasteiger charge is 2.38. The Kier molecular flexibility index (Phi) is 10.0. The summed E-state index contributed by atoms with van der Waals surface area (Å²) in [6.45, 7) is -4.99. The lowest BCUT2D eigenvalue weighted by molar-refractivity contribution is -0.131. The number of carbonyl (C=O) groups excluding carboxylic acids is 2. The highest BCUT2D eigenvalue weighted by atomic mass is 32.2. The molecule has 0 aliphatic rings. The van der Waals surface area contributed by atoms with E-state index in [-0.39, 0.29) is 11.5 Å². The normalized spacial score (nSPS) is 11.4. The lowest BCUT2D eigenvalue weighted by atomic mass is 9.79. The van der Waals surface area contributed by atoms with E-state index >= 15 is 0 Å². The Morgan fingerprint density at radius 1 is 0.667 bits per heavy atom. The lowest BCUT2D eigenvalue weighted by Gasteiger charge is -2.17. The molecule has 0 bridgehead atoms. The molecule has 0 N–H and O–H groups in total. The summed E-state index contributed by atoms with van der Waals surface area (Å²) in [6.07, 6.45) is 0. The molecule has 42 heavy (non-hydrogen) atoms. The first kappa shape index (κ1) is 32.2. The highest BCUT2D eigenvalue weighted by Crippen LogP contribution is 2.30. The van der Waals surface area contributed by atoms with Gasteiger partial charge >= 0.3 is 12.9 Å². The van der Waals surface area contributed by atoms with E-state index in [2.05, 4.69) is 0 Å². The van der Waals surface area contributed by atoms with Crippen molar-refractivity contribution < 1.29 is 53.4 Å². The van der Waals surface area contributed by atoms with Crippen molar-refractivity contribution in [3.63, 3.8) is 0 Å². The maximum atomic E-state index is 13.9. The summed E-state index contributed by atoms with van der Waals surface area (Å²) >= 11 is 0. The first-order chi connectivity index (χ1) is 19.7. The molecule has 0 fully saturated rings. The third-order valence-electron chi connectivity index (χ3n) is 5.59. The fourth-order valence-electron chi connectivity index (χ4n) is 3.64. The van der Waals surface area contributed by atoms with Crippen molar-refractivity contribution in [1.82, 2.24) is 0 Å². The van der Waals surface area contributed by atoms with Crippen LogP contribution in [0.25, 0.3) is 0 Å². The topological polar surface area (TPSA) is 60.4 Å². The fraction of sp³-hybridized carbons (Fsp3) is 0.0714. The van der Waals surface area contributed by atoms with Gasteiger partial charge in [0.2, 0.25) is 5.78 Å². The second-order valence-electron chi connectivity index (χ2n) is 8.55. The van der Waals surface area contributed by atoms with E-state index in [1.54, 1.807) is 48.5 Å². The molecular weight excluding hydrogens is 595 g/mol. The van der Waals surface area contributed by atoms with E-state index in [1.165, 1.54) is 6.92 Å². The van der Waals surface area contributed by atoms with Crippen LogP contribution in [0.4, 0.5) is 34.9 Å². The van der Waals surface area contributed by atoms with Gasteiger partial charge in [0.15, 0.2) is 42.9 Å². The van der Waals surface area contributed by atoms with Crippen LogP contribution in [0.15, 0.2) is 94.7 Å². The summed E-state index contributed by atoms with van der Waals surface area (Å²) in [5, 5.41) is 0. The summed E-state index contributed by atoms with van der Waals surface area (Å²) in [4.78, 5) is 25.1. The molecule has 4 aromatic carbocycles. The molecule has 4 rings (SSSR count). The molecule has 4 aromatic rings. The van der Waals surface area contributed by atoms with Crippen molar-refractivity contribution >= 4 is 34.1 Å². The number of ether oxygens (including phenoxy) is 1. The van der Waals surface area contributed by atoms with Gasteiger partial charge in [-0.2, -0.15) is 0 Å². The molecule has 0 unspecified atom stereocenters. The molecule has 0 spiro atoms. The van der Waals surface area contributed by atoms with Crippen LogP contribution in [0.5, 0.6) is 5.75 Å². The number of rotatable bonds is 7. The van der Waals surface area contributed by atoms with Crippen LogP contribution in [0, 0.1) is 29.1 Å². The smallest absolute Gasteiger partial charge is 0.445 e. The van der Waals surface area contributed by atoms with E-state index in [9.17, 15) is 48.7 Å². The number of Topliss-reactive ketones (excluding diaryl/α,β-unsaturated/α-hetero) is 1. The average Bonchev–Trinajstić information content (AvgIpc) is 2.95. The van der Waals surface area contributed by atoms with Gasteiger partial charge in [0.05, 0.1) is 0 Å². The van der Waals surface area contributed by atoms with Gasteiger partial charge in [-0.25, -0.2) is 22.0 Å². The van der Waals surface area contributed by atoms with E-state index in [0.29, 0.717) is 21.1 Å². The molecule has 0 atom stereocenters. The minimum absolute atomic E-state index is 0.131. The van der Waals surface area contributed by atoms with E-state index < -0.39 is 57.4 Å². The predicted octanol–water partition coefficient (Wildman–Crippen LogP) is 6.85. The number of carbonyl (C=O) groups is 2. The zero-order valence-corrected chi connectivity index (χ0v) is 22.2. The molecule has 0 radical (unpaired) electrons.